The number of nitrogens with zero attached hydrogens (tertiary/aromatic N) is 1. The molecule has 0 aliphatic heterocycles. The largest absolute Gasteiger partial charge is 0.480 e. The van der Waals surface area contributed by atoms with Gasteiger partial charge in [0.1, 0.15) is 11.1 Å². The first-order chi connectivity index (χ1) is 11.4. The quantitative estimate of drug-likeness (QED) is 0.918. The number of aliphatic carboxylic acids is 1. The lowest BCUT2D eigenvalue weighted by Crippen LogP contribution is -2.22. The van der Waals surface area contributed by atoms with E-state index in [0.29, 0.717) is 5.56 Å². The molecular weight excluding hydrogens is 333 g/mol. The third kappa shape index (κ3) is 2.19. The fourth-order valence-corrected chi connectivity index (χ4v) is 5.35. The first kappa shape index (κ1) is 16.1. The Kier molecular flexibility index (Phi) is 3.65. The van der Waals surface area contributed by atoms with E-state index in [1.807, 2.05) is 0 Å². The summed E-state index contributed by atoms with van der Waals surface area (Å²) in [4.78, 5) is 11.7. The molecule has 3 unspecified atom stereocenters. The number of halogens is 1. The monoisotopic (exact) mass is 345 g/mol. The van der Waals surface area contributed by atoms with Crippen LogP contribution >= 0.6 is 0 Å². The molecule has 2 aromatic carbocycles. The molecule has 3 atom stereocenters. The number of carbonyl (C=O) groups is 1. The molecule has 1 aliphatic carbocycles. The van der Waals surface area contributed by atoms with Gasteiger partial charge in [-0.2, -0.15) is 5.26 Å². The second-order valence-corrected chi connectivity index (χ2v) is 7.66. The van der Waals surface area contributed by atoms with E-state index in [0.717, 1.165) is 12.1 Å². The summed E-state index contributed by atoms with van der Waals surface area (Å²) in [5, 5.41) is 17.5. The summed E-state index contributed by atoms with van der Waals surface area (Å²) in [6, 6.07) is 13.9. The van der Waals surface area contributed by atoms with E-state index in [9.17, 15) is 28.0 Å². The van der Waals surface area contributed by atoms with Crippen molar-refractivity contribution in [1.29, 1.82) is 5.26 Å². The Morgan fingerprint density at radius 3 is 2.21 bits per heavy atom. The molecule has 0 radical (unpaired) electrons. The summed E-state index contributed by atoms with van der Waals surface area (Å²) >= 11 is 0. The van der Waals surface area contributed by atoms with Crippen LogP contribution < -0.4 is 0 Å². The van der Waals surface area contributed by atoms with Crippen molar-refractivity contribution >= 4 is 15.8 Å². The zero-order valence-corrected chi connectivity index (χ0v) is 13.1. The molecule has 7 heteroatoms. The number of hydrogen-bond donors (Lipinski definition) is 1. The van der Waals surface area contributed by atoms with Gasteiger partial charge in [-0.25, -0.2) is 12.8 Å². The SMILES string of the molecule is N#CC1(C(=O)O)C(c2ccc(F)cc2)C1S(=O)(=O)c1ccccc1. The Morgan fingerprint density at radius 1 is 1.12 bits per heavy atom. The van der Waals surface area contributed by atoms with Gasteiger partial charge in [-0.1, -0.05) is 30.3 Å². The van der Waals surface area contributed by atoms with Crippen LogP contribution in [-0.4, -0.2) is 24.7 Å². The van der Waals surface area contributed by atoms with Gasteiger partial charge in [0.05, 0.1) is 11.0 Å². The predicted octanol–water partition coefficient (Wildman–Crippen LogP) is 2.36. The molecule has 5 nitrogen and oxygen atoms in total. The fraction of sp³-hybridized carbons (Fsp3) is 0.176. The van der Waals surface area contributed by atoms with Gasteiger partial charge in [0.2, 0.25) is 0 Å². The van der Waals surface area contributed by atoms with E-state index in [1.54, 1.807) is 12.1 Å². The summed E-state index contributed by atoms with van der Waals surface area (Å²) in [6.45, 7) is 0. The maximum absolute atomic E-state index is 13.1. The van der Waals surface area contributed by atoms with E-state index >= 15 is 0 Å². The van der Waals surface area contributed by atoms with E-state index in [4.69, 9.17) is 0 Å². The van der Waals surface area contributed by atoms with Gasteiger partial charge in [0.15, 0.2) is 15.3 Å². The van der Waals surface area contributed by atoms with Crippen LogP contribution in [0.3, 0.4) is 0 Å². The highest BCUT2D eigenvalue weighted by molar-refractivity contribution is 7.92. The third-order valence-corrected chi connectivity index (χ3v) is 6.55. The van der Waals surface area contributed by atoms with Gasteiger partial charge >= 0.3 is 5.97 Å². The van der Waals surface area contributed by atoms with Crippen molar-refractivity contribution in [1.82, 2.24) is 0 Å². The van der Waals surface area contributed by atoms with Crippen LogP contribution in [0.1, 0.15) is 11.5 Å². The molecule has 0 saturated heterocycles. The Balaban J connectivity index is 2.13. The van der Waals surface area contributed by atoms with Crippen LogP contribution in [0.25, 0.3) is 0 Å². The summed E-state index contributed by atoms with van der Waals surface area (Å²) < 4.78 is 38.8. The van der Waals surface area contributed by atoms with E-state index in [-0.39, 0.29) is 4.90 Å². The number of rotatable bonds is 4. The number of nitriles is 1. The molecular formula is C17H12FNO4S. The first-order valence-electron chi connectivity index (χ1n) is 7.04. The number of benzene rings is 2. The minimum absolute atomic E-state index is 0.0412. The van der Waals surface area contributed by atoms with Crippen LogP contribution in [0.15, 0.2) is 59.5 Å². The molecule has 0 aromatic heterocycles. The van der Waals surface area contributed by atoms with Gasteiger partial charge in [-0.15, -0.1) is 0 Å². The Labute approximate surface area is 137 Å². The minimum atomic E-state index is -4.04. The van der Waals surface area contributed by atoms with Crippen molar-refractivity contribution in [3.05, 3.63) is 66.0 Å². The second kappa shape index (κ2) is 5.42. The molecule has 1 N–H and O–H groups in total. The molecule has 1 saturated carbocycles. The average molecular weight is 345 g/mol. The highest BCUT2D eigenvalue weighted by atomic mass is 32.2. The molecule has 1 aliphatic rings. The van der Waals surface area contributed by atoms with Gasteiger partial charge in [0.25, 0.3) is 0 Å². The lowest BCUT2D eigenvalue weighted by molar-refractivity contribution is -0.141. The normalized spacial score (nSPS) is 25.7. The fourth-order valence-electron chi connectivity index (χ4n) is 3.08. The van der Waals surface area contributed by atoms with Crippen LogP contribution in [-0.2, 0) is 14.6 Å². The van der Waals surface area contributed by atoms with Crippen molar-refractivity contribution in [3.8, 4) is 6.07 Å². The van der Waals surface area contributed by atoms with Gasteiger partial charge < -0.3 is 5.11 Å². The Hall–Kier alpha value is -2.72. The maximum Gasteiger partial charge on any atom is 0.326 e. The minimum Gasteiger partial charge on any atom is -0.480 e. The van der Waals surface area contributed by atoms with Gasteiger partial charge in [0, 0.05) is 5.92 Å². The zero-order valence-electron chi connectivity index (χ0n) is 12.3. The van der Waals surface area contributed by atoms with E-state index in [2.05, 4.69) is 0 Å². The molecule has 0 spiro atoms. The van der Waals surface area contributed by atoms with Crippen LogP contribution in [0.2, 0.25) is 0 Å². The average Bonchev–Trinajstić information content (AvgIpc) is 3.28. The lowest BCUT2D eigenvalue weighted by Gasteiger charge is -2.04. The van der Waals surface area contributed by atoms with Crippen LogP contribution in [0.5, 0.6) is 0 Å². The van der Waals surface area contributed by atoms with Gasteiger partial charge in [-0.3, -0.25) is 4.79 Å². The molecule has 24 heavy (non-hydrogen) atoms. The summed E-state index contributed by atoms with van der Waals surface area (Å²) in [7, 11) is -4.04. The second-order valence-electron chi connectivity index (χ2n) is 5.59. The molecule has 0 heterocycles. The highest BCUT2D eigenvalue weighted by Gasteiger charge is 2.77. The molecule has 1 fully saturated rings. The number of sulfone groups is 1. The smallest absolute Gasteiger partial charge is 0.326 e. The van der Waals surface area contributed by atoms with E-state index in [1.165, 1.54) is 36.4 Å². The number of carboxylic acids is 1. The van der Waals surface area contributed by atoms with Crippen molar-refractivity contribution in [2.24, 2.45) is 5.41 Å². The summed E-state index contributed by atoms with van der Waals surface area (Å²) in [6.07, 6.45) is 0. The molecule has 2 aromatic rings. The van der Waals surface area contributed by atoms with E-state index < -0.39 is 38.2 Å². The summed E-state index contributed by atoms with van der Waals surface area (Å²) in [5.41, 5.74) is -1.77. The van der Waals surface area contributed by atoms with Crippen molar-refractivity contribution in [2.45, 2.75) is 16.1 Å². The summed E-state index contributed by atoms with van der Waals surface area (Å²) in [5.74, 6) is -3.07. The number of hydrogen-bond acceptors (Lipinski definition) is 4. The standard InChI is InChI=1S/C17H12FNO4S/c18-12-8-6-11(7-9-12)14-15(17(14,10-19)16(20)21)24(22,23)13-4-2-1-3-5-13/h1-9,14-15H,(H,20,21). The maximum atomic E-state index is 13.1. The molecule has 3 rings (SSSR count). The molecule has 122 valence electrons. The highest BCUT2D eigenvalue weighted by Crippen LogP contribution is 2.63. The first-order valence-corrected chi connectivity index (χ1v) is 8.59. The third-order valence-electron chi connectivity index (χ3n) is 4.31. The zero-order chi connectivity index (χ0) is 17.5. The van der Waals surface area contributed by atoms with Crippen molar-refractivity contribution in [3.63, 3.8) is 0 Å². The number of carboxylic acid groups (broad SMARTS) is 1. The lowest BCUT2D eigenvalue weighted by atomic mass is 10.0. The van der Waals surface area contributed by atoms with Crippen LogP contribution in [0.4, 0.5) is 4.39 Å². The topological polar surface area (TPSA) is 95.2 Å². The molecule has 0 bridgehead atoms. The predicted molar refractivity (Wildman–Crippen MR) is 82.2 cm³/mol. The van der Waals surface area contributed by atoms with Gasteiger partial charge in [-0.05, 0) is 29.8 Å². The molecule has 0 amide bonds. The Morgan fingerprint density at radius 2 is 1.71 bits per heavy atom. The Bertz CT molecular complexity index is 935. The van der Waals surface area contributed by atoms with Crippen molar-refractivity contribution < 1.29 is 22.7 Å². The van der Waals surface area contributed by atoms with Crippen LogP contribution in [0, 0.1) is 22.6 Å². The van der Waals surface area contributed by atoms with Crippen molar-refractivity contribution in [2.75, 3.05) is 0 Å².